The van der Waals surface area contributed by atoms with Gasteiger partial charge in [0.1, 0.15) is 34.4 Å². The molecular formula is C30H27F3N4O3. The van der Waals surface area contributed by atoms with Gasteiger partial charge in [-0.25, -0.2) is 18.2 Å². The Labute approximate surface area is 229 Å². The number of carbonyl (C=O) groups excluding carboxylic acids is 1. The number of pyridine rings is 1. The van der Waals surface area contributed by atoms with E-state index in [0.29, 0.717) is 31.7 Å². The van der Waals surface area contributed by atoms with E-state index in [2.05, 4.69) is 22.9 Å². The first kappa shape index (κ1) is 27.3. The lowest BCUT2D eigenvalue weighted by molar-refractivity contribution is -0.118. The van der Waals surface area contributed by atoms with Gasteiger partial charge < -0.3 is 15.2 Å². The molecule has 0 spiro atoms. The van der Waals surface area contributed by atoms with Crippen LogP contribution in [0.2, 0.25) is 0 Å². The molecule has 0 aliphatic heterocycles. The lowest BCUT2D eigenvalue weighted by Gasteiger charge is -2.30. The minimum atomic E-state index is -1.77. The number of carbonyl (C=O) groups is 1. The van der Waals surface area contributed by atoms with Gasteiger partial charge in [-0.1, -0.05) is 6.58 Å². The van der Waals surface area contributed by atoms with Crippen molar-refractivity contribution in [3.8, 4) is 17.3 Å². The second-order valence-electron chi connectivity index (χ2n) is 10.6. The number of hydrogen-bond acceptors (Lipinski definition) is 6. The number of amides is 1. The molecule has 2 aromatic rings. The van der Waals surface area contributed by atoms with Crippen LogP contribution in [-0.2, 0) is 20.5 Å². The van der Waals surface area contributed by atoms with Gasteiger partial charge in [-0.2, -0.15) is 5.26 Å². The van der Waals surface area contributed by atoms with Crippen molar-refractivity contribution in [2.45, 2.75) is 43.6 Å². The molecule has 1 atom stereocenters. The minimum Gasteiger partial charge on any atom is -0.494 e. The summed E-state index contributed by atoms with van der Waals surface area (Å²) in [5.74, 6) is -3.48. The summed E-state index contributed by atoms with van der Waals surface area (Å²) in [4.78, 5) is 17.4. The quantitative estimate of drug-likeness (QED) is 0.438. The van der Waals surface area contributed by atoms with Crippen LogP contribution >= 0.6 is 0 Å². The fourth-order valence-corrected chi connectivity index (χ4v) is 4.97. The number of aryl methyl sites for hydroxylation is 1. The lowest BCUT2D eigenvalue weighted by atomic mass is 9.87. The Morgan fingerprint density at radius 3 is 2.58 bits per heavy atom. The molecule has 1 aromatic heterocycles. The molecule has 40 heavy (non-hydrogen) atoms. The van der Waals surface area contributed by atoms with Gasteiger partial charge in [0.15, 0.2) is 5.82 Å². The van der Waals surface area contributed by atoms with Crippen LogP contribution in [0, 0.1) is 47.0 Å². The van der Waals surface area contributed by atoms with Crippen molar-refractivity contribution in [1.29, 1.82) is 10.7 Å². The summed E-state index contributed by atoms with van der Waals surface area (Å²) >= 11 is 0. The highest BCUT2D eigenvalue weighted by Gasteiger charge is 2.51. The first-order valence-electron chi connectivity index (χ1n) is 12.8. The van der Waals surface area contributed by atoms with Crippen LogP contribution in [-0.4, -0.2) is 35.4 Å². The normalized spacial score (nSPS) is 19.2. The Morgan fingerprint density at radius 1 is 1.27 bits per heavy atom. The largest absolute Gasteiger partial charge is 0.494 e. The smallest absolute Gasteiger partial charge is 0.251 e. The van der Waals surface area contributed by atoms with Crippen molar-refractivity contribution in [2.75, 3.05) is 13.7 Å². The Hall–Kier alpha value is -4.23. The average Bonchev–Trinajstić information content (AvgIpc) is 3.85. The molecule has 10 heteroatoms. The zero-order valence-electron chi connectivity index (χ0n) is 22.0. The maximum atomic E-state index is 15.9. The zero-order chi connectivity index (χ0) is 29.0. The van der Waals surface area contributed by atoms with Crippen LogP contribution < -0.4 is 5.32 Å². The van der Waals surface area contributed by atoms with E-state index in [9.17, 15) is 23.9 Å². The molecular weight excluding hydrogens is 521 g/mol. The number of hydrogen-bond donors (Lipinski definition) is 3. The molecule has 3 aliphatic carbocycles. The van der Waals surface area contributed by atoms with Gasteiger partial charge in [0.2, 0.25) is 0 Å². The number of nitriles is 1. The fraction of sp³-hybridized carbons (Fsp3) is 0.333. The van der Waals surface area contributed by atoms with Gasteiger partial charge in [-0.05, 0) is 73.9 Å². The topological polar surface area (TPSA) is 119 Å². The zero-order valence-corrected chi connectivity index (χ0v) is 22.0. The van der Waals surface area contributed by atoms with Crippen molar-refractivity contribution in [2.24, 2.45) is 5.92 Å². The summed E-state index contributed by atoms with van der Waals surface area (Å²) in [7, 11) is 1.37. The number of allylic oxidation sites excluding steroid dienone is 2. The molecule has 2 saturated carbocycles. The highest BCUT2D eigenvalue weighted by Crippen LogP contribution is 2.52. The number of benzene rings is 1. The molecule has 2 fully saturated rings. The maximum absolute atomic E-state index is 15.9. The van der Waals surface area contributed by atoms with Gasteiger partial charge in [0.05, 0.1) is 30.8 Å². The molecule has 3 N–H and O–H groups in total. The number of aromatic nitrogens is 1. The van der Waals surface area contributed by atoms with Gasteiger partial charge in [0, 0.05) is 22.8 Å². The van der Waals surface area contributed by atoms with E-state index in [1.54, 1.807) is 0 Å². The Balaban J connectivity index is 1.56. The molecule has 1 heterocycles. The van der Waals surface area contributed by atoms with Crippen molar-refractivity contribution in [3.63, 3.8) is 0 Å². The van der Waals surface area contributed by atoms with E-state index in [1.165, 1.54) is 32.3 Å². The molecule has 0 unspecified atom stereocenters. The van der Waals surface area contributed by atoms with Crippen molar-refractivity contribution < 1.29 is 27.8 Å². The molecule has 0 radical (unpaired) electrons. The molecule has 1 amide bonds. The Morgan fingerprint density at radius 2 is 1.98 bits per heavy atom. The van der Waals surface area contributed by atoms with Gasteiger partial charge in [0.25, 0.3) is 5.91 Å². The summed E-state index contributed by atoms with van der Waals surface area (Å²) in [6, 6.07) is 5.26. The van der Waals surface area contributed by atoms with Crippen LogP contribution in [0.25, 0.3) is 11.3 Å². The molecule has 5 rings (SSSR count). The van der Waals surface area contributed by atoms with Crippen LogP contribution in [0.4, 0.5) is 13.2 Å². The SMILES string of the molecule is C=C1C=C(C(=O)NC[C@](O)(c2cc(C3(C#N)CC3)c(F)c(-c3cc(C)c(F)cc3F)n2)C2CC2)C=C(OC)C1=N. The third-order valence-electron chi connectivity index (χ3n) is 7.82. The van der Waals surface area contributed by atoms with Crippen molar-refractivity contribution in [1.82, 2.24) is 10.3 Å². The van der Waals surface area contributed by atoms with E-state index < -0.39 is 40.1 Å². The Kier molecular flexibility index (Phi) is 6.66. The lowest BCUT2D eigenvalue weighted by Crippen LogP contribution is -2.44. The van der Waals surface area contributed by atoms with E-state index in [1.807, 2.05) is 0 Å². The summed E-state index contributed by atoms with van der Waals surface area (Å²) < 4.78 is 50.0. The average molecular weight is 549 g/mol. The number of aliphatic hydroxyl groups is 1. The van der Waals surface area contributed by atoms with Crippen LogP contribution in [0.15, 0.2) is 53.8 Å². The first-order valence-corrected chi connectivity index (χ1v) is 12.8. The van der Waals surface area contributed by atoms with Gasteiger partial charge in [-0.15, -0.1) is 0 Å². The third-order valence-corrected chi connectivity index (χ3v) is 7.82. The predicted molar refractivity (Wildman–Crippen MR) is 140 cm³/mol. The van der Waals surface area contributed by atoms with Crippen LogP contribution in [0.5, 0.6) is 0 Å². The molecule has 0 bridgehead atoms. The summed E-state index contributed by atoms with van der Waals surface area (Å²) in [5.41, 5.74) is -3.10. The van der Waals surface area contributed by atoms with E-state index in [-0.39, 0.29) is 57.5 Å². The number of rotatable bonds is 8. The maximum Gasteiger partial charge on any atom is 0.251 e. The Bertz CT molecular complexity index is 1580. The first-order chi connectivity index (χ1) is 18.9. The number of methoxy groups -OCH3 is 1. The number of nitrogens with zero attached hydrogens (tertiary/aromatic N) is 2. The highest BCUT2D eigenvalue weighted by atomic mass is 19.1. The molecule has 3 aliphatic rings. The summed E-state index contributed by atoms with van der Waals surface area (Å²) in [6.45, 7) is 4.86. The van der Waals surface area contributed by atoms with E-state index in [4.69, 9.17) is 10.1 Å². The summed E-state index contributed by atoms with van der Waals surface area (Å²) in [5, 5.41) is 32.4. The summed E-state index contributed by atoms with van der Waals surface area (Å²) in [6.07, 6.45) is 4.79. The van der Waals surface area contributed by atoms with Crippen LogP contribution in [0.1, 0.15) is 42.5 Å². The molecule has 0 saturated heterocycles. The van der Waals surface area contributed by atoms with E-state index in [0.717, 1.165) is 6.07 Å². The second-order valence-corrected chi connectivity index (χ2v) is 10.6. The fourth-order valence-electron chi connectivity index (χ4n) is 4.97. The minimum absolute atomic E-state index is 0.0125. The standard InChI is InChI=1S/C30H27F3N4O3/c1-15-9-19(22(32)12-21(15)31)27-25(33)20(29(13-34)6-7-29)11-24(37-27)30(39,18-4-5-18)14-36-28(38)17-8-16(2)26(35)23(10-17)40-3/h8-12,18,35,39H,2,4-7,14H2,1,3H3,(H,36,38)/t30-/m1/s1. The molecule has 206 valence electrons. The van der Waals surface area contributed by atoms with Gasteiger partial charge >= 0.3 is 0 Å². The second kappa shape index (κ2) is 9.75. The third kappa shape index (κ3) is 4.60. The molecule has 1 aromatic carbocycles. The number of halogens is 3. The highest BCUT2D eigenvalue weighted by molar-refractivity contribution is 6.15. The van der Waals surface area contributed by atoms with Crippen molar-refractivity contribution in [3.05, 3.63) is 88.1 Å². The van der Waals surface area contributed by atoms with Crippen molar-refractivity contribution >= 4 is 11.6 Å². The monoisotopic (exact) mass is 548 g/mol. The predicted octanol–water partition coefficient (Wildman–Crippen LogP) is 4.79. The van der Waals surface area contributed by atoms with Crippen LogP contribution in [0.3, 0.4) is 0 Å². The van der Waals surface area contributed by atoms with E-state index >= 15 is 4.39 Å². The number of nitrogens with one attached hydrogen (secondary N) is 2. The number of ether oxygens (including phenoxy) is 1. The molecule has 7 nitrogen and oxygen atoms in total. The van der Waals surface area contributed by atoms with Gasteiger partial charge in [-0.3, -0.25) is 10.2 Å².